The van der Waals surface area contributed by atoms with Gasteiger partial charge >= 0.3 is 17.9 Å². The summed E-state index contributed by atoms with van der Waals surface area (Å²) in [5.41, 5.74) is 0. The smallest absolute Gasteiger partial charge is 0.306 e. The summed E-state index contributed by atoms with van der Waals surface area (Å²) < 4.78 is 16.6. The molecule has 380 valence electrons. The first-order chi connectivity index (χ1) is 34.0. The number of allylic oxidation sites excluding steroid dienone is 30. The molecule has 1 unspecified atom stereocenters. The van der Waals surface area contributed by atoms with Crippen molar-refractivity contribution in [3.8, 4) is 0 Å². The van der Waals surface area contributed by atoms with E-state index in [1.807, 2.05) is 60.8 Å². The van der Waals surface area contributed by atoms with Crippen LogP contribution in [0.1, 0.15) is 175 Å². The van der Waals surface area contributed by atoms with Crippen molar-refractivity contribution in [2.45, 2.75) is 181 Å². The Hall–Kier alpha value is -5.49. The zero-order chi connectivity index (χ0) is 50.0. The van der Waals surface area contributed by atoms with Crippen LogP contribution in [0.2, 0.25) is 0 Å². The Morgan fingerprint density at radius 2 is 0.681 bits per heavy atom. The van der Waals surface area contributed by atoms with E-state index in [2.05, 4.69) is 142 Å². The van der Waals surface area contributed by atoms with Gasteiger partial charge in [0.2, 0.25) is 0 Å². The third kappa shape index (κ3) is 53.3. The number of carbonyl (C=O) groups is 3. The van der Waals surface area contributed by atoms with E-state index in [1.54, 1.807) is 0 Å². The van der Waals surface area contributed by atoms with Crippen LogP contribution >= 0.6 is 0 Å². The number of hydrogen-bond acceptors (Lipinski definition) is 6. The first-order valence-corrected chi connectivity index (χ1v) is 26.4. The summed E-state index contributed by atoms with van der Waals surface area (Å²) in [4.78, 5) is 38.0. The number of hydrogen-bond donors (Lipinski definition) is 0. The van der Waals surface area contributed by atoms with Crippen LogP contribution in [0.5, 0.6) is 0 Å². The Balaban J connectivity index is 4.71. The Morgan fingerprint density at radius 3 is 1.16 bits per heavy atom. The molecule has 0 aromatic heterocycles. The third-order valence-electron chi connectivity index (χ3n) is 10.0. The highest BCUT2D eigenvalue weighted by atomic mass is 16.6. The molecule has 0 bridgehead atoms. The minimum absolute atomic E-state index is 0.156. The third-order valence-corrected chi connectivity index (χ3v) is 10.0. The normalized spacial score (nSPS) is 13.6. The number of ether oxygens (including phenoxy) is 3. The van der Waals surface area contributed by atoms with Crippen molar-refractivity contribution >= 4 is 17.9 Å². The Kier molecular flexibility index (Phi) is 50.7. The number of esters is 3. The van der Waals surface area contributed by atoms with E-state index in [0.717, 1.165) is 89.9 Å². The van der Waals surface area contributed by atoms with Crippen molar-refractivity contribution in [2.75, 3.05) is 13.2 Å². The summed E-state index contributed by atoms with van der Waals surface area (Å²) in [6.45, 7) is 6.17. The van der Waals surface area contributed by atoms with Crippen molar-refractivity contribution in [1.29, 1.82) is 0 Å². The number of carbonyl (C=O) groups excluding carboxylic acids is 3. The predicted octanol–water partition coefficient (Wildman–Crippen LogP) is 17.7. The van der Waals surface area contributed by atoms with E-state index in [0.29, 0.717) is 19.3 Å². The molecule has 6 heteroatoms. The standard InChI is InChI=1S/C63H92O6/c1-4-7-10-13-16-19-22-25-28-30-31-33-35-38-41-44-47-50-53-56-62(65)68-59-60(58-67-61(64)55-52-49-46-43-40-37-34-27-24-21-18-15-12-9-6-3)69-63(66)57-54-51-48-45-42-39-36-32-29-26-23-20-17-14-11-8-5-2/h7,9-10,12,15-21,24-29,31,33-34,36-41,45,47-48,50,60H,4-6,8,11,13-14,22-23,30,32,35,42-44,46,49,51-59H2,1-3H3/b10-7-,12-9-,18-15-,19-16-,20-17-,24-21-,28-25-,29-26-,33-31-,34-27-,39-36-,40-37-,41-38-,48-45-,50-47-. The van der Waals surface area contributed by atoms with E-state index in [9.17, 15) is 14.4 Å². The predicted molar refractivity (Wildman–Crippen MR) is 297 cm³/mol. The van der Waals surface area contributed by atoms with Crippen LogP contribution in [0.25, 0.3) is 0 Å². The van der Waals surface area contributed by atoms with Crippen LogP contribution in [0, 0.1) is 0 Å². The van der Waals surface area contributed by atoms with Crippen molar-refractivity contribution in [1.82, 2.24) is 0 Å². The number of unbranched alkanes of at least 4 members (excludes halogenated alkanes) is 7. The Labute approximate surface area is 421 Å². The van der Waals surface area contributed by atoms with Gasteiger partial charge in [-0.3, -0.25) is 14.4 Å². The highest BCUT2D eigenvalue weighted by Crippen LogP contribution is 2.09. The van der Waals surface area contributed by atoms with Gasteiger partial charge < -0.3 is 14.2 Å². The zero-order valence-corrected chi connectivity index (χ0v) is 43.2. The molecule has 0 spiro atoms. The molecule has 6 nitrogen and oxygen atoms in total. The van der Waals surface area contributed by atoms with Crippen LogP contribution in [-0.4, -0.2) is 37.2 Å². The molecule has 69 heavy (non-hydrogen) atoms. The molecular formula is C63H92O6. The van der Waals surface area contributed by atoms with Crippen LogP contribution < -0.4 is 0 Å². The Morgan fingerprint density at radius 1 is 0.319 bits per heavy atom. The lowest BCUT2D eigenvalue weighted by atomic mass is 10.1. The van der Waals surface area contributed by atoms with Gasteiger partial charge in [0.05, 0.1) is 0 Å². The molecule has 0 saturated heterocycles. The molecule has 0 aliphatic rings. The topological polar surface area (TPSA) is 78.9 Å². The molecule has 0 amide bonds. The monoisotopic (exact) mass is 945 g/mol. The highest BCUT2D eigenvalue weighted by molar-refractivity contribution is 5.71. The lowest BCUT2D eigenvalue weighted by molar-refractivity contribution is -0.166. The summed E-state index contributed by atoms with van der Waals surface area (Å²) in [7, 11) is 0. The van der Waals surface area contributed by atoms with Crippen molar-refractivity contribution < 1.29 is 28.6 Å². The first kappa shape index (κ1) is 63.5. The van der Waals surface area contributed by atoms with Gasteiger partial charge in [-0.25, -0.2) is 0 Å². The minimum atomic E-state index is -0.866. The van der Waals surface area contributed by atoms with Gasteiger partial charge in [0, 0.05) is 19.3 Å². The molecule has 0 rings (SSSR count). The molecule has 0 aliphatic carbocycles. The number of rotatable bonds is 44. The summed E-state index contributed by atoms with van der Waals surface area (Å²) in [6, 6.07) is 0. The van der Waals surface area contributed by atoms with Crippen LogP contribution in [-0.2, 0) is 28.6 Å². The largest absolute Gasteiger partial charge is 0.462 e. The van der Waals surface area contributed by atoms with Crippen molar-refractivity contribution in [3.05, 3.63) is 182 Å². The van der Waals surface area contributed by atoms with Crippen LogP contribution in [0.3, 0.4) is 0 Å². The zero-order valence-electron chi connectivity index (χ0n) is 43.2. The van der Waals surface area contributed by atoms with E-state index in [-0.39, 0.29) is 38.4 Å². The fourth-order valence-electron chi connectivity index (χ4n) is 6.13. The molecule has 1 atom stereocenters. The van der Waals surface area contributed by atoms with Crippen molar-refractivity contribution in [3.63, 3.8) is 0 Å². The van der Waals surface area contributed by atoms with Crippen molar-refractivity contribution in [2.24, 2.45) is 0 Å². The molecule has 0 radical (unpaired) electrons. The summed E-state index contributed by atoms with van der Waals surface area (Å²) in [6.07, 6.45) is 83.2. The fraction of sp³-hybridized carbons (Fsp3) is 0.476. The van der Waals surface area contributed by atoms with Crippen LogP contribution in [0.15, 0.2) is 182 Å². The van der Waals surface area contributed by atoms with Gasteiger partial charge in [0.15, 0.2) is 6.10 Å². The molecule has 0 aromatic carbocycles. The van der Waals surface area contributed by atoms with Crippen LogP contribution in [0.4, 0.5) is 0 Å². The minimum Gasteiger partial charge on any atom is -0.462 e. The molecule has 0 N–H and O–H groups in total. The maximum absolute atomic E-state index is 12.8. The lowest BCUT2D eigenvalue weighted by Crippen LogP contribution is -2.30. The lowest BCUT2D eigenvalue weighted by Gasteiger charge is -2.18. The quantitative estimate of drug-likeness (QED) is 0.0199. The second-order valence-corrected chi connectivity index (χ2v) is 16.4. The first-order valence-electron chi connectivity index (χ1n) is 26.4. The summed E-state index contributed by atoms with van der Waals surface area (Å²) >= 11 is 0. The fourth-order valence-corrected chi connectivity index (χ4v) is 6.13. The Bertz CT molecular complexity index is 1700. The maximum Gasteiger partial charge on any atom is 0.306 e. The van der Waals surface area contributed by atoms with E-state index < -0.39 is 18.0 Å². The highest BCUT2D eigenvalue weighted by Gasteiger charge is 2.19. The van der Waals surface area contributed by atoms with Gasteiger partial charge in [-0.05, 0) is 116 Å². The second-order valence-electron chi connectivity index (χ2n) is 16.4. The van der Waals surface area contributed by atoms with Gasteiger partial charge in [-0.2, -0.15) is 0 Å². The average molecular weight is 945 g/mol. The maximum atomic E-state index is 12.8. The SMILES string of the molecule is CC\C=C/C=C\C=C/C=C\C=C/CCCCCC(=O)OCC(COC(=O)CC/C=C\C/C=C\C/C=C\C/C=C\C/C=C\C/C=C\CC)OC(=O)CCC/C=C\C/C=C\C/C=C\C/C=C\CCCCC. The molecule has 0 heterocycles. The van der Waals surface area contributed by atoms with Gasteiger partial charge in [0.1, 0.15) is 13.2 Å². The van der Waals surface area contributed by atoms with Gasteiger partial charge in [-0.15, -0.1) is 0 Å². The van der Waals surface area contributed by atoms with Gasteiger partial charge in [0.25, 0.3) is 0 Å². The second kappa shape index (κ2) is 55.1. The molecule has 0 aromatic rings. The molecule has 0 fully saturated rings. The summed E-state index contributed by atoms with van der Waals surface area (Å²) in [5, 5.41) is 0. The van der Waals surface area contributed by atoms with E-state index >= 15 is 0 Å². The van der Waals surface area contributed by atoms with E-state index in [1.165, 1.54) is 25.7 Å². The van der Waals surface area contributed by atoms with Gasteiger partial charge in [-0.1, -0.05) is 222 Å². The summed E-state index contributed by atoms with van der Waals surface area (Å²) in [5.74, 6) is -1.15. The molecule has 0 aliphatic heterocycles. The average Bonchev–Trinajstić information content (AvgIpc) is 3.35. The van der Waals surface area contributed by atoms with E-state index in [4.69, 9.17) is 14.2 Å². The molecular weight excluding hydrogens is 853 g/mol. The molecule has 0 saturated carbocycles.